The van der Waals surface area contributed by atoms with Gasteiger partial charge in [-0.1, -0.05) is 11.6 Å². The van der Waals surface area contributed by atoms with E-state index in [4.69, 9.17) is 10.2 Å². The number of aromatic nitrogens is 3. The van der Waals surface area contributed by atoms with Gasteiger partial charge in [0.25, 0.3) is 0 Å². The lowest BCUT2D eigenvalue weighted by Crippen LogP contribution is -2.25. The number of Topliss-reactive ketones (excluding diaryl/α,β-unsaturated/α-hetero) is 1. The maximum absolute atomic E-state index is 13.1. The summed E-state index contributed by atoms with van der Waals surface area (Å²) in [6.07, 6.45) is 5.42. The number of nitrogens with one attached hydrogen (secondary N) is 1. The minimum absolute atomic E-state index is 0.0376. The summed E-state index contributed by atoms with van der Waals surface area (Å²) in [7, 11) is 2.07. The molecule has 0 bridgehead atoms. The van der Waals surface area contributed by atoms with Gasteiger partial charge in [0.2, 0.25) is 0 Å². The monoisotopic (exact) mass is 423 g/mol. The molecule has 3 aromatic rings. The Labute approximate surface area is 179 Å². The third-order valence-electron chi connectivity index (χ3n) is 5.57. The van der Waals surface area contributed by atoms with Crippen LogP contribution in [0.2, 0.25) is 0 Å². The van der Waals surface area contributed by atoms with Gasteiger partial charge in [0.05, 0.1) is 12.0 Å². The molecule has 1 aliphatic rings. The second-order valence-electron chi connectivity index (χ2n) is 7.69. The van der Waals surface area contributed by atoms with E-state index in [1.807, 2.05) is 6.92 Å². The molecular formula is C23H25N3O5. The Morgan fingerprint density at radius 3 is 2.48 bits per heavy atom. The predicted molar refractivity (Wildman–Crippen MR) is 115 cm³/mol. The molecule has 2 heterocycles. The van der Waals surface area contributed by atoms with Gasteiger partial charge in [-0.3, -0.25) is 4.79 Å². The Hall–Kier alpha value is -3.68. The Kier molecular flexibility index (Phi) is 6.39. The summed E-state index contributed by atoms with van der Waals surface area (Å²) in [6.45, 7) is 4.10. The number of hydrogen-bond acceptors (Lipinski definition) is 4. The number of carbonyl (C=O) groups excluding carboxylic acids is 1. The van der Waals surface area contributed by atoms with Crippen LogP contribution in [-0.2, 0) is 29.5 Å². The summed E-state index contributed by atoms with van der Waals surface area (Å²) in [5.41, 5.74) is 6.57. The van der Waals surface area contributed by atoms with E-state index in [-0.39, 0.29) is 11.7 Å². The van der Waals surface area contributed by atoms with Crippen LogP contribution in [0.1, 0.15) is 39.4 Å². The summed E-state index contributed by atoms with van der Waals surface area (Å²) >= 11 is 0. The molecule has 162 valence electrons. The number of benzene rings is 1. The van der Waals surface area contributed by atoms with Crippen molar-refractivity contribution >= 4 is 28.6 Å². The smallest absolute Gasteiger partial charge is 0.328 e. The van der Waals surface area contributed by atoms with Crippen molar-refractivity contribution in [3.8, 4) is 0 Å². The van der Waals surface area contributed by atoms with Crippen molar-refractivity contribution in [2.24, 2.45) is 13.0 Å². The number of ketones is 1. The number of imidazole rings is 1. The van der Waals surface area contributed by atoms with Gasteiger partial charge in [0.15, 0.2) is 5.78 Å². The molecular weight excluding hydrogens is 398 g/mol. The Balaban J connectivity index is 0.000000293. The molecule has 2 aromatic heterocycles. The maximum Gasteiger partial charge on any atom is 0.328 e. The van der Waals surface area contributed by atoms with Gasteiger partial charge in [-0.05, 0) is 38.8 Å². The lowest BCUT2D eigenvalue weighted by atomic mass is 9.82. The van der Waals surface area contributed by atoms with E-state index in [0.717, 1.165) is 47.1 Å². The fourth-order valence-corrected chi connectivity index (χ4v) is 3.99. The number of aryl methyl sites for hydroxylation is 3. The van der Waals surface area contributed by atoms with Crippen molar-refractivity contribution in [1.29, 1.82) is 0 Å². The number of aliphatic carboxylic acids is 2. The van der Waals surface area contributed by atoms with Crippen LogP contribution in [0.15, 0.2) is 36.7 Å². The number of carbonyl (C=O) groups is 3. The van der Waals surface area contributed by atoms with E-state index in [1.165, 1.54) is 11.3 Å². The number of fused-ring (bicyclic) bond motifs is 3. The molecule has 3 N–H and O–H groups in total. The fourth-order valence-electron chi connectivity index (χ4n) is 3.99. The second-order valence-corrected chi connectivity index (χ2v) is 7.69. The Morgan fingerprint density at radius 1 is 1.23 bits per heavy atom. The molecule has 1 unspecified atom stereocenters. The summed E-state index contributed by atoms with van der Waals surface area (Å²) in [5, 5.41) is 16.7. The number of carboxylic acid groups (broad SMARTS) is 2. The van der Waals surface area contributed by atoms with Crippen LogP contribution in [0.3, 0.4) is 0 Å². The molecule has 4 rings (SSSR count). The van der Waals surface area contributed by atoms with Gasteiger partial charge in [-0.2, -0.15) is 0 Å². The average molecular weight is 423 g/mol. The van der Waals surface area contributed by atoms with Crippen LogP contribution in [0.25, 0.3) is 10.9 Å². The van der Waals surface area contributed by atoms with Crippen molar-refractivity contribution < 1.29 is 24.6 Å². The van der Waals surface area contributed by atoms with Gasteiger partial charge in [-0.25, -0.2) is 14.6 Å². The average Bonchev–Trinajstić information content (AvgIpc) is 3.24. The van der Waals surface area contributed by atoms with Gasteiger partial charge in [-0.15, -0.1) is 0 Å². The quantitative estimate of drug-likeness (QED) is 0.553. The fraction of sp³-hybridized carbons (Fsp3) is 0.304. The summed E-state index contributed by atoms with van der Waals surface area (Å²) in [6, 6.07) is 6.39. The summed E-state index contributed by atoms with van der Waals surface area (Å²) < 4.78 is 2.19. The zero-order chi connectivity index (χ0) is 22.7. The molecule has 1 aromatic carbocycles. The zero-order valence-corrected chi connectivity index (χ0v) is 17.7. The molecule has 0 spiro atoms. The number of carboxylic acids is 2. The molecule has 1 aliphatic carbocycles. The van der Waals surface area contributed by atoms with Crippen molar-refractivity contribution in [1.82, 2.24) is 14.5 Å². The highest BCUT2D eigenvalue weighted by Gasteiger charge is 2.32. The van der Waals surface area contributed by atoms with Gasteiger partial charge < -0.3 is 19.8 Å². The van der Waals surface area contributed by atoms with Crippen molar-refractivity contribution in [2.45, 2.75) is 33.1 Å². The van der Waals surface area contributed by atoms with Crippen LogP contribution in [-0.4, -0.2) is 42.5 Å². The topological polar surface area (TPSA) is 125 Å². The third kappa shape index (κ3) is 4.74. The van der Waals surface area contributed by atoms with Crippen LogP contribution >= 0.6 is 0 Å². The minimum atomic E-state index is -1.26. The van der Waals surface area contributed by atoms with Crippen molar-refractivity contribution in [3.63, 3.8) is 0 Å². The van der Waals surface area contributed by atoms with Crippen molar-refractivity contribution in [2.75, 3.05) is 0 Å². The first-order valence-corrected chi connectivity index (χ1v) is 9.94. The maximum atomic E-state index is 13.1. The molecule has 1 atom stereocenters. The van der Waals surface area contributed by atoms with Gasteiger partial charge in [0, 0.05) is 59.4 Å². The van der Waals surface area contributed by atoms with Crippen LogP contribution in [0.4, 0.5) is 0 Å². The lowest BCUT2D eigenvalue weighted by molar-refractivity contribution is -0.134. The van der Waals surface area contributed by atoms with E-state index < -0.39 is 11.9 Å². The van der Waals surface area contributed by atoms with Gasteiger partial charge >= 0.3 is 11.9 Å². The molecule has 0 saturated heterocycles. The SMILES string of the molecule is Cc1ccc2c(c1)c1c(n2C)CCC(Cc2nc[nH]c2C)C1=O.O=C(O)/C=C\C(=O)O. The van der Waals surface area contributed by atoms with Crippen LogP contribution in [0.5, 0.6) is 0 Å². The number of aromatic amines is 1. The van der Waals surface area contributed by atoms with Crippen molar-refractivity contribution in [3.05, 3.63) is 64.9 Å². The van der Waals surface area contributed by atoms with Gasteiger partial charge in [0.1, 0.15) is 0 Å². The molecule has 8 nitrogen and oxygen atoms in total. The highest BCUT2D eigenvalue weighted by Crippen LogP contribution is 2.35. The number of hydrogen-bond donors (Lipinski definition) is 3. The molecule has 0 saturated carbocycles. The van der Waals surface area contributed by atoms with Crippen LogP contribution < -0.4 is 0 Å². The normalized spacial score (nSPS) is 15.6. The highest BCUT2D eigenvalue weighted by molar-refractivity contribution is 6.11. The summed E-state index contributed by atoms with van der Waals surface area (Å²) in [4.78, 5) is 39.7. The lowest BCUT2D eigenvalue weighted by Gasteiger charge is -2.21. The minimum Gasteiger partial charge on any atom is -0.478 e. The predicted octanol–water partition coefficient (Wildman–Crippen LogP) is 3.22. The molecule has 0 radical (unpaired) electrons. The van der Waals surface area contributed by atoms with E-state index >= 15 is 0 Å². The molecule has 0 aliphatic heterocycles. The summed E-state index contributed by atoms with van der Waals surface area (Å²) in [5.74, 6) is -2.19. The molecule has 0 fully saturated rings. The molecule has 8 heteroatoms. The number of rotatable bonds is 4. The van der Waals surface area contributed by atoms with E-state index in [2.05, 4.69) is 46.7 Å². The molecule has 0 amide bonds. The first kappa shape index (κ1) is 22.0. The largest absolute Gasteiger partial charge is 0.478 e. The first-order chi connectivity index (χ1) is 14.7. The third-order valence-corrected chi connectivity index (χ3v) is 5.57. The molecule has 31 heavy (non-hydrogen) atoms. The van der Waals surface area contributed by atoms with E-state index in [0.29, 0.717) is 12.2 Å². The standard InChI is InChI=1S/C19H21N3O.C4H4O4/c1-11-4-6-16-14(8-11)18-17(22(16)3)7-5-13(19(18)23)9-15-12(2)20-10-21-15;5-3(6)1-2-4(7)8/h4,6,8,10,13H,5,7,9H2,1-3H3,(H,20,21);1-2H,(H,5,6)(H,7,8)/b;2-1-. The Bertz CT molecular complexity index is 1170. The first-order valence-electron chi connectivity index (χ1n) is 9.94. The van der Waals surface area contributed by atoms with Crippen LogP contribution in [0, 0.1) is 19.8 Å². The second kappa shape index (κ2) is 8.99. The number of H-pyrrole nitrogens is 1. The van der Waals surface area contributed by atoms with E-state index in [1.54, 1.807) is 6.33 Å². The van der Waals surface area contributed by atoms with E-state index in [9.17, 15) is 14.4 Å². The number of nitrogens with zero attached hydrogens (tertiary/aromatic N) is 2. The highest BCUT2D eigenvalue weighted by atomic mass is 16.4. The zero-order valence-electron chi connectivity index (χ0n) is 17.7. The Morgan fingerprint density at radius 2 is 1.90 bits per heavy atom.